The Morgan fingerprint density at radius 2 is 1.32 bits per heavy atom. The van der Waals surface area contributed by atoms with Crippen LogP contribution in [0.1, 0.15) is 15.9 Å². The molecule has 2 rings (SSSR count). The van der Waals surface area contributed by atoms with E-state index in [0.717, 1.165) is 11.1 Å². The number of benzene rings is 2. The van der Waals surface area contributed by atoms with E-state index in [1.165, 1.54) is 5.56 Å². The second-order valence-electron chi connectivity index (χ2n) is 4.18. The molecule has 0 atom stereocenters. The van der Waals surface area contributed by atoms with Crippen LogP contribution in [0, 0.1) is 6.92 Å². The summed E-state index contributed by atoms with van der Waals surface area (Å²) < 4.78 is 0. The molecule has 3 nitrogen and oxygen atoms in total. The molecule has 0 radical (unpaired) electrons. The zero-order valence-corrected chi connectivity index (χ0v) is 10.00. The first-order chi connectivity index (χ1) is 8.58. The van der Waals surface area contributed by atoms with E-state index < -0.39 is 12.1 Å². The van der Waals surface area contributed by atoms with Gasteiger partial charge in [-0.05, 0) is 18.1 Å². The second kappa shape index (κ2) is 6.98. The Morgan fingerprint density at radius 1 is 0.895 bits per heavy atom. The van der Waals surface area contributed by atoms with Crippen molar-refractivity contribution in [3.63, 3.8) is 0 Å². The van der Waals surface area contributed by atoms with Crippen molar-refractivity contribution in [1.29, 1.82) is 0 Å². The molecule has 0 saturated carbocycles. The van der Waals surface area contributed by atoms with Crippen molar-refractivity contribution in [2.45, 2.75) is 13.2 Å². The molecular weight excluding hydrogens is 251 g/mol. The monoisotopic (exact) mass is 266 g/mol. The van der Waals surface area contributed by atoms with Gasteiger partial charge in [-0.3, -0.25) is 4.79 Å². The molecular formula is C15H15NaO3. The van der Waals surface area contributed by atoms with Gasteiger partial charge >= 0.3 is 29.6 Å². The first-order valence-corrected chi connectivity index (χ1v) is 5.65. The molecule has 2 aromatic carbocycles. The molecule has 94 valence electrons. The zero-order chi connectivity index (χ0) is 13.1. The number of carbonyl (C=O) groups excluding carboxylic acids is 1. The molecule has 0 bridgehead atoms. The summed E-state index contributed by atoms with van der Waals surface area (Å²) in [5, 5.41) is 17.6. The van der Waals surface area contributed by atoms with E-state index in [4.69, 9.17) is 10.2 Å². The van der Waals surface area contributed by atoms with Gasteiger partial charge in [-0.1, -0.05) is 54.1 Å². The van der Waals surface area contributed by atoms with Crippen LogP contribution >= 0.6 is 0 Å². The molecule has 0 unspecified atom stereocenters. The zero-order valence-electron chi connectivity index (χ0n) is 10.00. The SMILES string of the molecule is Cc1ccc(-c2ccc(C(=O)C(O)O)cc2)cc1.[NaH]. The maximum absolute atomic E-state index is 11.3. The van der Waals surface area contributed by atoms with Crippen molar-refractivity contribution in [2.75, 3.05) is 0 Å². The summed E-state index contributed by atoms with van der Waals surface area (Å²) in [4.78, 5) is 11.3. The molecule has 19 heavy (non-hydrogen) atoms. The first-order valence-electron chi connectivity index (χ1n) is 5.65. The number of rotatable bonds is 3. The fourth-order valence-electron chi connectivity index (χ4n) is 1.72. The molecule has 0 amide bonds. The van der Waals surface area contributed by atoms with Gasteiger partial charge in [0.2, 0.25) is 12.1 Å². The Kier molecular flexibility index (Phi) is 5.91. The fraction of sp³-hybridized carbons (Fsp3) is 0.133. The molecule has 0 aliphatic carbocycles. The van der Waals surface area contributed by atoms with Crippen LogP contribution in [0.5, 0.6) is 0 Å². The summed E-state index contributed by atoms with van der Waals surface area (Å²) in [6.07, 6.45) is -1.95. The van der Waals surface area contributed by atoms with E-state index >= 15 is 0 Å². The van der Waals surface area contributed by atoms with Crippen molar-refractivity contribution in [1.82, 2.24) is 0 Å². The molecule has 4 heteroatoms. The van der Waals surface area contributed by atoms with E-state index in [9.17, 15) is 4.79 Å². The molecule has 0 aliphatic rings. The number of aryl methyl sites for hydroxylation is 1. The summed E-state index contributed by atoms with van der Waals surface area (Å²) in [5.41, 5.74) is 3.53. The van der Waals surface area contributed by atoms with Crippen LogP contribution in [0.15, 0.2) is 48.5 Å². The molecule has 2 N–H and O–H groups in total. The number of Topliss-reactive ketones (excluding diaryl/α,β-unsaturated/α-hetero) is 1. The third-order valence-electron chi connectivity index (χ3n) is 2.79. The van der Waals surface area contributed by atoms with Crippen molar-refractivity contribution >= 4 is 35.3 Å². The van der Waals surface area contributed by atoms with Gasteiger partial charge in [0.05, 0.1) is 0 Å². The van der Waals surface area contributed by atoms with Crippen molar-refractivity contribution in [3.05, 3.63) is 59.7 Å². The number of ketones is 1. The van der Waals surface area contributed by atoms with E-state index in [1.807, 2.05) is 31.2 Å². The van der Waals surface area contributed by atoms with Crippen LogP contribution in [0.2, 0.25) is 0 Å². The second-order valence-corrected chi connectivity index (χ2v) is 4.18. The Hall–Kier alpha value is -0.970. The number of hydrogen-bond acceptors (Lipinski definition) is 3. The molecule has 0 saturated heterocycles. The molecule has 0 spiro atoms. The van der Waals surface area contributed by atoms with Crippen LogP contribution in [-0.2, 0) is 0 Å². The van der Waals surface area contributed by atoms with Crippen LogP contribution < -0.4 is 0 Å². The van der Waals surface area contributed by atoms with Gasteiger partial charge in [0.1, 0.15) is 0 Å². The van der Waals surface area contributed by atoms with Crippen LogP contribution in [0.3, 0.4) is 0 Å². The van der Waals surface area contributed by atoms with Crippen molar-refractivity contribution in [2.24, 2.45) is 0 Å². The predicted octanol–water partition coefficient (Wildman–Crippen LogP) is 1.51. The summed E-state index contributed by atoms with van der Waals surface area (Å²) in [6.45, 7) is 2.02. The Bertz CT molecular complexity index is 545. The molecule has 0 aromatic heterocycles. The molecule has 0 aliphatic heterocycles. The van der Waals surface area contributed by atoms with Gasteiger partial charge in [-0.2, -0.15) is 0 Å². The average Bonchev–Trinajstić information content (AvgIpc) is 2.39. The van der Waals surface area contributed by atoms with Gasteiger partial charge < -0.3 is 10.2 Å². The normalized spacial score (nSPS) is 10.1. The topological polar surface area (TPSA) is 57.5 Å². The minimum atomic E-state index is -1.95. The number of carbonyl (C=O) groups is 1. The Balaban J connectivity index is 0.00000180. The van der Waals surface area contributed by atoms with Crippen molar-refractivity contribution < 1.29 is 15.0 Å². The standard InChI is InChI=1S/C15H14O3.Na.H/c1-10-2-4-11(5-3-10)12-6-8-13(9-7-12)14(16)15(17)18;;/h2-9,15,17-18H,1H3;;. The summed E-state index contributed by atoms with van der Waals surface area (Å²) in [6, 6.07) is 14.8. The van der Waals surface area contributed by atoms with Gasteiger partial charge in [0.15, 0.2) is 0 Å². The number of hydrogen-bond donors (Lipinski definition) is 2. The van der Waals surface area contributed by atoms with Crippen LogP contribution in [-0.4, -0.2) is 51.8 Å². The minimum absolute atomic E-state index is 0. The van der Waals surface area contributed by atoms with Crippen LogP contribution in [0.25, 0.3) is 11.1 Å². The maximum atomic E-state index is 11.3. The molecule has 2 aromatic rings. The Labute approximate surface area is 134 Å². The van der Waals surface area contributed by atoms with Gasteiger partial charge in [0.25, 0.3) is 0 Å². The molecule has 0 heterocycles. The number of aliphatic hydroxyl groups is 2. The first kappa shape index (κ1) is 16.1. The third-order valence-corrected chi connectivity index (χ3v) is 2.79. The van der Waals surface area contributed by atoms with E-state index in [-0.39, 0.29) is 29.6 Å². The fourth-order valence-corrected chi connectivity index (χ4v) is 1.72. The van der Waals surface area contributed by atoms with Gasteiger partial charge in [-0.25, -0.2) is 0 Å². The average molecular weight is 266 g/mol. The third kappa shape index (κ3) is 4.00. The predicted molar refractivity (Wildman–Crippen MR) is 76.3 cm³/mol. The van der Waals surface area contributed by atoms with Gasteiger partial charge in [0, 0.05) is 5.56 Å². The van der Waals surface area contributed by atoms with Crippen molar-refractivity contribution in [3.8, 4) is 11.1 Å². The van der Waals surface area contributed by atoms with E-state index in [0.29, 0.717) is 5.56 Å². The summed E-state index contributed by atoms with van der Waals surface area (Å²) in [7, 11) is 0. The quantitative estimate of drug-likeness (QED) is 0.503. The van der Waals surface area contributed by atoms with E-state index in [1.54, 1.807) is 24.3 Å². The van der Waals surface area contributed by atoms with Gasteiger partial charge in [-0.15, -0.1) is 0 Å². The molecule has 0 fully saturated rings. The summed E-state index contributed by atoms with van der Waals surface area (Å²) >= 11 is 0. The van der Waals surface area contributed by atoms with E-state index in [2.05, 4.69) is 0 Å². The summed E-state index contributed by atoms with van der Waals surface area (Å²) in [5.74, 6) is -0.689. The Morgan fingerprint density at radius 3 is 1.74 bits per heavy atom. The van der Waals surface area contributed by atoms with Crippen LogP contribution in [0.4, 0.5) is 0 Å². The number of aliphatic hydroxyl groups excluding tert-OH is 1.